The molecule has 0 amide bonds. The van der Waals surface area contributed by atoms with E-state index in [2.05, 4.69) is 20.5 Å². The van der Waals surface area contributed by atoms with Gasteiger partial charge in [0, 0.05) is 12.6 Å². The monoisotopic (exact) mass is 252 g/mol. The van der Waals surface area contributed by atoms with Crippen LogP contribution in [0.4, 0.5) is 10.2 Å². The Kier molecular flexibility index (Phi) is 3.19. The Labute approximate surface area is 103 Å². The highest BCUT2D eigenvalue weighted by Gasteiger charge is 2.13. The van der Waals surface area contributed by atoms with Crippen LogP contribution in [0, 0.1) is 12.7 Å². The van der Waals surface area contributed by atoms with Crippen LogP contribution in [0.1, 0.15) is 5.56 Å². The molecule has 4 nitrogen and oxygen atoms in total. The van der Waals surface area contributed by atoms with Crippen LogP contribution >= 0.6 is 11.6 Å². The van der Waals surface area contributed by atoms with Gasteiger partial charge in [-0.25, -0.2) is 9.37 Å². The summed E-state index contributed by atoms with van der Waals surface area (Å²) < 4.78 is 13.5. The first-order valence-corrected chi connectivity index (χ1v) is 5.32. The first-order chi connectivity index (χ1) is 8.13. The molecule has 0 saturated heterocycles. The zero-order valence-corrected chi connectivity index (χ0v) is 10.1. The van der Waals surface area contributed by atoms with E-state index in [4.69, 9.17) is 11.6 Å². The minimum absolute atomic E-state index is 0.336. The lowest BCUT2D eigenvalue weighted by Crippen LogP contribution is -2.00. The summed E-state index contributed by atoms with van der Waals surface area (Å²) in [5.74, 6) is 0.169. The van der Waals surface area contributed by atoms with E-state index < -0.39 is 0 Å². The first-order valence-electron chi connectivity index (χ1n) is 4.95. The molecule has 0 atom stereocenters. The number of halogens is 2. The molecule has 6 heteroatoms. The number of anilines is 1. The van der Waals surface area contributed by atoms with Crippen molar-refractivity contribution in [3.63, 3.8) is 0 Å². The van der Waals surface area contributed by atoms with Crippen molar-refractivity contribution in [3.8, 4) is 11.3 Å². The molecule has 88 valence electrons. The number of benzene rings is 1. The number of hydrogen-bond acceptors (Lipinski definition) is 4. The van der Waals surface area contributed by atoms with Crippen LogP contribution in [0.3, 0.4) is 0 Å². The molecule has 0 aliphatic rings. The predicted octanol–water partition coefficient (Wildman–Crippen LogP) is 2.68. The van der Waals surface area contributed by atoms with Crippen molar-refractivity contribution in [2.75, 3.05) is 12.4 Å². The molecule has 0 fully saturated rings. The Balaban J connectivity index is 2.64. The van der Waals surface area contributed by atoms with E-state index in [1.165, 1.54) is 12.4 Å². The molecule has 0 unspecified atom stereocenters. The molecule has 2 rings (SSSR count). The average Bonchev–Trinajstić information content (AvgIpc) is 2.34. The second-order valence-electron chi connectivity index (χ2n) is 3.49. The quantitative estimate of drug-likeness (QED) is 0.893. The molecule has 0 radical (unpaired) electrons. The minimum Gasteiger partial charge on any atom is -0.371 e. The molecule has 1 N–H and O–H groups in total. The van der Waals surface area contributed by atoms with E-state index in [0.717, 1.165) is 0 Å². The Bertz CT molecular complexity index is 559. The fourth-order valence-electron chi connectivity index (χ4n) is 1.47. The van der Waals surface area contributed by atoms with Gasteiger partial charge in [0.1, 0.15) is 17.8 Å². The highest BCUT2D eigenvalue weighted by Crippen LogP contribution is 2.31. The maximum Gasteiger partial charge on any atom is 0.156 e. The smallest absolute Gasteiger partial charge is 0.156 e. The lowest BCUT2D eigenvalue weighted by atomic mass is 10.1. The van der Waals surface area contributed by atoms with E-state index in [1.54, 1.807) is 20.0 Å². The van der Waals surface area contributed by atoms with Gasteiger partial charge in [0.15, 0.2) is 5.82 Å². The van der Waals surface area contributed by atoms with Crippen molar-refractivity contribution in [3.05, 3.63) is 34.9 Å². The third kappa shape index (κ3) is 2.19. The number of aromatic nitrogens is 3. The zero-order chi connectivity index (χ0) is 12.4. The fourth-order valence-corrected chi connectivity index (χ4v) is 1.78. The normalized spacial score (nSPS) is 10.4. The molecular weight excluding hydrogens is 243 g/mol. The molecule has 0 spiro atoms. The third-order valence-corrected chi connectivity index (χ3v) is 2.67. The molecule has 1 aromatic heterocycles. The zero-order valence-electron chi connectivity index (χ0n) is 9.33. The molecule has 2 aromatic rings. The van der Waals surface area contributed by atoms with Crippen LogP contribution in [-0.4, -0.2) is 22.2 Å². The maximum atomic E-state index is 13.5. The lowest BCUT2D eigenvalue weighted by Gasteiger charge is -2.08. The van der Waals surface area contributed by atoms with Crippen LogP contribution < -0.4 is 5.32 Å². The van der Waals surface area contributed by atoms with E-state index in [-0.39, 0.29) is 5.82 Å². The molecule has 1 aromatic carbocycles. The van der Waals surface area contributed by atoms with Crippen molar-refractivity contribution in [2.24, 2.45) is 0 Å². The predicted molar refractivity (Wildman–Crippen MR) is 64.5 cm³/mol. The standard InChI is InChI=1S/C11H10ClFN4/c1-6-3-8(12)7(4-9(6)13)10-11(14-2)15-5-16-17-10/h3-5H,1-2H3,(H,14,15,16). The minimum atomic E-state index is -0.336. The second-order valence-corrected chi connectivity index (χ2v) is 3.90. The number of nitrogens with one attached hydrogen (secondary N) is 1. The largest absolute Gasteiger partial charge is 0.371 e. The van der Waals surface area contributed by atoms with Crippen LogP contribution in [0.2, 0.25) is 5.02 Å². The van der Waals surface area contributed by atoms with E-state index >= 15 is 0 Å². The van der Waals surface area contributed by atoms with Crippen LogP contribution in [-0.2, 0) is 0 Å². The van der Waals surface area contributed by atoms with Gasteiger partial charge >= 0.3 is 0 Å². The van der Waals surface area contributed by atoms with Crippen LogP contribution in [0.25, 0.3) is 11.3 Å². The highest BCUT2D eigenvalue weighted by molar-refractivity contribution is 6.33. The summed E-state index contributed by atoms with van der Waals surface area (Å²) in [5.41, 5.74) is 1.39. The van der Waals surface area contributed by atoms with Crippen LogP contribution in [0.5, 0.6) is 0 Å². The van der Waals surface area contributed by atoms with E-state index in [9.17, 15) is 4.39 Å². The Morgan fingerprint density at radius 2 is 2.12 bits per heavy atom. The van der Waals surface area contributed by atoms with Gasteiger partial charge in [0.25, 0.3) is 0 Å². The average molecular weight is 253 g/mol. The fraction of sp³-hybridized carbons (Fsp3) is 0.182. The Hall–Kier alpha value is -1.75. The SMILES string of the molecule is CNc1ncnnc1-c1cc(F)c(C)cc1Cl. The summed E-state index contributed by atoms with van der Waals surface area (Å²) in [6.07, 6.45) is 1.31. The Morgan fingerprint density at radius 3 is 2.82 bits per heavy atom. The molecule has 0 aliphatic heterocycles. The number of nitrogens with zero attached hydrogens (tertiary/aromatic N) is 3. The van der Waals surface area contributed by atoms with Gasteiger partial charge in [-0.2, -0.15) is 0 Å². The number of aryl methyl sites for hydroxylation is 1. The van der Waals surface area contributed by atoms with Crippen molar-refractivity contribution < 1.29 is 4.39 Å². The highest BCUT2D eigenvalue weighted by atomic mass is 35.5. The van der Waals surface area contributed by atoms with E-state index in [1.807, 2.05) is 0 Å². The summed E-state index contributed by atoms with van der Waals surface area (Å²) in [7, 11) is 1.70. The van der Waals surface area contributed by atoms with Crippen molar-refractivity contribution >= 4 is 17.4 Å². The van der Waals surface area contributed by atoms with E-state index in [0.29, 0.717) is 27.7 Å². The summed E-state index contributed by atoms with van der Waals surface area (Å²) in [6, 6.07) is 2.89. The summed E-state index contributed by atoms with van der Waals surface area (Å²) in [6.45, 7) is 1.65. The summed E-state index contributed by atoms with van der Waals surface area (Å²) in [5, 5.41) is 10.9. The molecule has 17 heavy (non-hydrogen) atoms. The molecular formula is C11H10ClFN4. The number of hydrogen-bond donors (Lipinski definition) is 1. The van der Waals surface area contributed by atoms with Gasteiger partial charge < -0.3 is 5.32 Å². The van der Waals surface area contributed by atoms with Gasteiger partial charge in [0.2, 0.25) is 0 Å². The Morgan fingerprint density at radius 1 is 1.35 bits per heavy atom. The van der Waals surface area contributed by atoms with Gasteiger partial charge in [-0.05, 0) is 24.6 Å². The molecule has 0 bridgehead atoms. The number of rotatable bonds is 2. The summed E-state index contributed by atoms with van der Waals surface area (Å²) >= 11 is 6.07. The topological polar surface area (TPSA) is 50.7 Å². The maximum absolute atomic E-state index is 13.5. The van der Waals surface area contributed by atoms with Gasteiger partial charge in [-0.15, -0.1) is 10.2 Å². The molecule has 0 saturated carbocycles. The van der Waals surface area contributed by atoms with Crippen molar-refractivity contribution in [2.45, 2.75) is 6.92 Å². The van der Waals surface area contributed by atoms with Crippen molar-refractivity contribution in [1.29, 1.82) is 0 Å². The second kappa shape index (κ2) is 4.63. The third-order valence-electron chi connectivity index (χ3n) is 2.36. The van der Waals surface area contributed by atoms with Gasteiger partial charge in [0.05, 0.1) is 5.02 Å². The lowest BCUT2D eigenvalue weighted by molar-refractivity contribution is 0.619. The first kappa shape index (κ1) is 11.7. The van der Waals surface area contributed by atoms with Gasteiger partial charge in [-0.3, -0.25) is 0 Å². The van der Waals surface area contributed by atoms with Crippen molar-refractivity contribution in [1.82, 2.24) is 15.2 Å². The summed E-state index contributed by atoms with van der Waals surface area (Å²) in [4.78, 5) is 4.00. The van der Waals surface area contributed by atoms with Gasteiger partial charge in [-0.1, -0.05) is 11.6 Å². The van der Waals surface area contributed by atoms with Crippen LogP contribution in [0.15, 0.2) is 18.5 Å². The molecule has 0 aliphatic carbocycles. The molecule has 1 heterocycles.